The summed E-state index contributed by atoms with van der Waals surface area (Å²) < 4.78 is 7.09. The zero-order valence-corrected chi connectivity index (χ0v) is 5.87. The molecule has 4 nitrogen and oxygen atoms in total. The van der Waals surface area contributed by atoms with Crippen LogP contribution in [0.15, 0.2) is 0 Å². The molecule has 1 aliphatic rings. The third-order valence-electron chi connectivity index (χ3n) is 1.53. The molecule has 0 saturated heterocycles. The summed E-state index contributed by atoms with van der Waals surface area (Å²) in [7, 11) is 0. The molecule has 1 aromatic heterocycles. The summed E-state index contributed by atoms with van der Waals surface area (Å²) in [6.07, 6.45) is 0. The molecule has 1 aliphatic heterocycles. The first-order valence-electron chi connectivity index (χ1n) is 3.34. The second-order valence-electron chi connectivity index (χ2n) is 2.35. The molecule has 0 aliphatic carbocycles. The van der Waals surface area contributed by atoms with Gasteiger partial charge in [0.2, 0.25) is 0 Å². The van der Waals surface area contributed by atoms with Crippen LogP contribution in [0.4, 0.5) is 0 Å². The highest BCUT2D eigenvalue weighted by atomic mass is 16.5. The van der Waals surface area contributed by atoms with E-state index in [1.165, 1.54) is 0 Å². The van der Waals surface area contributed by atoms with Crippen LogP contribution in [0.25, 0.3) is 0 Å². The lowest BCUT2D eigenvalue weighted by molar-refractivity contribution is 0.0769. The van der Waals surface area contributed by atoms with Gasteiger partial charge in [-0.25, -0.2) is 9.67 Å². The van der Waals surface area contributed by atoms with Crippen LogP contribution >= 0.6 is 0 Å². The topological polar surface area (TPSA) is 39.9 Å². The van der Waals surface area contributed by atoms with E-state index in [1.54, 1.807) is 0 Å². The van der Waals surface area contributed by atoms with E-state index in [4.69, 9.17) is 4.74 Å². The van der Waals surface area contributed by atoms with Gasteiger partial charge in [-0.2, -0.15) is 5.10 Å². The highest BCUT2D eigenvalue weighted by Crippen LogP contribution is 2.04. The van der Waals surface area contributed by atoms with Crippen LogP contribution in [0.5, 0.6) is 0 Å². The van der Waals surface area contributed by atoms with Crippen LogP contribution in [0.3, 0.4) is 0 Å². The average molecular weight is 139 g/mol. The van der Waals surface area contributed by atoms with Crippen molar-refractivity contribution in [1.82, 2.24) is 14.8 Å². The largest absolute Gasteiger partial charge is 0.372 e. The predicted molar refractivity (Wildman–Crippen MR) is 34.4 cm³/mol. The van der Waals surface area contributed by atoms with Crippen molar-refractivity contribution in [2.45, 2.75) is 20.1 Å². The molecule has 0 unspecified atom stereocenters. The highest BCUT2D eigenvalue weighted by Gasteiger charge is 2.11. The van der Waals surface area contributed by atoms with Crippen LogP contribution in [0, 0.1) is 6.92 Å². The Morgan fingerprint density at radius 2 is 2.50 bits per heavy atom. The van der Waals surface area contributed by atoms with Crippen LogP contribution in [-0.2, 0) is 17.9 Å². The molecule has 54 valence electrons. The van der Waals surface area contributed by atoms with Gasteiger partial charge in [0.15, 0.2) is 5.82 Å². The van der Waals surface area contributed by atoms with E-state index in [9.17, 15) is 0 Å². The van der Waals surface area contributed by atoms with Crippen molar-refractivity contribution in [3.8, 4) is 0 Å². The molecule has 4 heteroatoms. The van der Waals surface area contributed by atoms with E-state index >= 15 is 0 Å². The molecule has 0 radical (unpaired) electrons. The van der Waals surface area contributed by atoms with Crippen molar-refractivity contribution >= 4 is 0 Å². The summed E-state index contributed by atoms with van der Waals surface area (Å²) >= 11 is 0. The quantitative estimate of drug-likeness (QED) is 0.512. The summed E-state index contributed by atoms with van der Waals surface area (Å²) in [6.45, 7) is 4.11. The number of ether oxygens (including phenoxy) is 1. The Hall–Kier alpha value is -0.900. The van der Waals surface area contributed by atoms with E-state index < -0.39 is 0 Å². The van der Waals surface area contributed by atoms with Crippen LogP contribution < -0.4 is 0 Å². The van der Waals surface area contributed by atoms with E-state index in [0.717, 1.165) is 24.8 Å². The molecule has 10 heavy (non-hydrogen) atoms. The van der Waals surface area contributed by atoms with Crippen molar-refractivity contribution in [3.63, 3.8) is 0 Å². The molecule has 0 saturated carbocycles. The van der Waals surface area contributed by atoms with E-state index in [0.29, 0.717) is 6.61 Å². The minimum atomic E-state index is 0.612. The van der Waals surface area contributed by atoms with Gasteiger partial charge in [-0.15, -0.1) is 0 Å². The summed E-state index contributed by atoms with van der Waals surface area (Å²) in [5, 5.41) is 4.18. The fourth-order valence-corrected chi connectivity index (χ4v) is 1.10. The molecular weight excluding hydrogens is 130 g/mol. The van der Waals surface area contributed by atoms with Gasteiger partial charge in [0.1, 0.15) is 12.4 Å². The summed E-state index contributed by atoms with van der Waals surface area (Å²) in [6, 6.07) is 0. The van der Waals surface area contributed by atoms with Gasteiger partial charge in [0.05, 0.1) is 13.2 Å². The first-order chi connectivity index (χ1) is 4.86. The lowest BCUT2D eigenvalue weighted by Crippen LogP contribution is -2.17. The average Bonchev–Trinajstić information content (AvgIpc) is 2.27. The van der Waals surface area contributed by atoms with Crippen molar-refractivity contribution in [1.29, 1.82) is 0 Å². The Labute approximate surface area is 58.8 Å². The fraction of sp³-hybridized carbons (Fsp3) is 0.667. The Bertz CT molecular complexity index is 220. The zero-order valence-electron chi connectivity index (χ0n) is 5.87. The predicted octanol–water partition coefficient (Wildman–Crippen LogP) is 0.117. The smallest absolute Gasteiger partial charge is 0.153 e. The lowest BCUT2D eigenvalue weighted by atomic mass is 10.5. The Morgan fingerprint density at radius 3 is 3.30 bits per heavy atom. The molecule has 2 heterocycles. The molecule has 1 aromatic rings. The molecule has 0 bridgehead atoms. The molecule has 0 amide bonds. The normalized spacial score (nSPS) is 16.9. The third-order valence-corrected chi connectivity index (χ3v) is 1.53. The monoisotopic (exact) mass is 139 g/mol. The maximum atomic E-state index is 5.19. The van der Waals surface area contributed by atoms with Gasteiger partial charge < -0.3 is 4.74 Å². The second-order valence-corrected chi connectivity index (χ2v) is 2.35. The van der Waals surface area contributed by atoms with Crippen molar-refractivity contribution in [3.05, 3.63) is 11.6 Å². The number of rotatable bonds is 0. The molecule has 2 rings (SSSR count). The molecule has 0 atom stereocenters. The maximum absolute atomic E-state index is 5.19. The maximum Gasteiger partial charge on any atom is 0.153 e. The SMILES string of the molecule is Cc1nc2n(n1)CCOC2. The van der Waals surface area contributed by atoms with Gasteiger partial charge in [0, 0.05) is 0 Å². The minimum Gasteiger partial charge on any atom is -0.372 e. The highest BCUT2D eigenvalue weighted by molar-refractivity contribution is 4.90. The van der Waals surface area contributed by atoms with Gasteiger partial charge in [-0.1, -0.05) is 0 Å². The van der Waals surface area contributed by atoms with Crippen LogP contribution in [0.2, 0.25) is 0 Å². The van der Waals surface area contributed by atoms with E-state index in [1.807, 2.05) is 11.6 Å². The lowest BCUT2D eigenvalue weighted by Gasteiger charge is -2.11. The van der Waals surface area contributed by atoms with Gasteiger partial charge in [0.25, 0.3) is 0 Å². The standard InChI is InChI=1S/C6H9N3O/c1-5-7-6-4-10-3-2-9(6)8-5/h2-4H2,1H3. The molecular formula is C6H9N3O. The molecule has 0 N–H and O–H groups in total. The van der Waals surface area contributed by atoms with Gasteiger partial charge >= 0.3 is 0 Å². The molecule has 0 aromatic carbocycles. The number of hydrogen-bond acceptors (Lipinski definition) is 3. The van der Waals surface area contributed by atoms with Crippen LogP contribution in [-0.4, -0.2) is 21.4 Å². The second kappa shape index (κ2) is 2.05. The number of fused-ring (bicyclic) bond motifs is 1. The molecule has 0 spiro atoms. The summed E-state index contributed by atoms with van der Waals surface area (Å²) in [4.78, 5) is 4.18. The van der Waals surface area contributed by atoms with Gasteiger partial charge in [-0.05, 0) is 6.92 Å². The Kier molecular flexibility index (Phi) is 1.20. The zero-order chi connectivity index (χ0) is 6.97. The van der Waals surface area contributed by atoms with Crippen LogP contribution in [0.1, 0.15) is 11.6 Å². The van der Waals surface area contributed by atoms with E-state index in [2.05, 4.69) is 10.1 Å². The van der Waals surface area contributed by atoms with Gasteiger partial charge in [-0.3, -0.25) is 0 Å². The van der Waals surface area contributed by atoms with Crippen molar-refractivity contribution < 1.29 is 4.74 Å². The van der Waals surface area contributed by atoms with Crippen molar-refractivity contribution in [2.24, 2.45) is 0 Å². The van der Waals surface area contributed by atoms with Crippen molar-refractivity contribution in [2.75, 3.05) is 6.61 Å². The Morgan fingerprint density at radius 1 is 1.60 bits per heavy atom. The first-order valence-corrected chi connectivity index (χ1v) is 3.34. The number of nitrogens with zero attached hydrogens (tertiary/aromatic N) is 3. The fourth-order valence-electron chi connectivity index (χ4n) is 1.10. The number of hydrogen-bond donors (Lipinski definition) is 0. The molecule has 0 fully saturated rings. The van der Waals surface area contributed by atoms with E-state index in [-0.39, 0.29) is 0 Å². The minimum absolute atomic E-state index is 0.612. The third kappa shape index (κ3) is 0.806. The first kappa shape index (κ1) is 5.85. The number of aryl methyl sites for hydroxylation is 1. The Balaban J connectivity index is 2.41. The summed E-state index contributed by atoms with van der Waals surface area (Å²) in [5.41, 5.74) is 0. The summed E-state index contributed by atoms with van der Waals surface area (Å²) in [5.74, 6) is 1.78. The number of aromatic nitrogens is 3.